The van der Waals surface area contributed by atoms with E-state index in [4.69, 9.17) is 4.98 Å². The van der Waals surface area contributed by atoms with Gasteiger partial charge in [0, 0.05) is 37.1 Å². The summed E-state index contributed by atoms with van der Waals surface area (Å²) < 4.78 is 2.65. The number of rotatable bonds is 3. The number of imidazole rings is 1. The summed E-state index contributed by atoms with van der Waals surface area (Å²) in [6.45, 7) is 7.28. The molecule has 0 amide bonds. The number of nitrogens with zero attached hydrogens (tertiary/aromatic N) is 3. The average molecular weight is 395 g/mol. The lowest BCUT2D eigenvalue weighted by molar-refractivity contribution is 0.0521. The number of para-hydroxylation sites is 2. The van der Waals surface area contributed by atoms with E-state index in [9.17, 15) is 0 Å². The minimum atomic E-state index is 0.439. The Hall–Kier alpha value is -1.39. The Bertz CT molecular complexity index is 803. The fourth-order valence-electron chi connectivity index (χ4n) is 6.28. The molecule has 0 bridgehead atoms. The molecule has 158 valence electrons. The topological polar surface area (TPSA) is 33.1 Å². The molecular weight excluding hydrogens is 356 g/mol. The predicted octanol–water partition coefficient (Wildman–Crippen LogP) is 5.25. The van der Waals surface area contributed by atoms with Crippen molar-refractivity contribution in [2.45, 2.75) is 88.6 Å². The van der Waals surface area contributed by atoms with Crippen molar-refractivity contribution in [1.82, 2.24) is 19.8 Å². The van der Waals surface area contributed by atoms with Gasteiger partial charge in [0.15, 0.2) is 0 Å². The Morgan fingerprint density at radius 1 is 0.966 bits per heavy atom. The highest BCUT2D eigenvalue weighted by molar-refractivity contribution is 5.76. The second kappa shape index (κ2) is 8.39. The van der Waals surface area contributed by atoms with E-state index in [0.29, 0.717) is 17.5 Å². The van der Waals surface area contributed by atoms with Crippen molar-refractivity contribution in [3.63, 3.8) is 0 Å². The molecule has 2 aromatic rings. The molecule has 1 saturated carbocycles. The number of aromatic nitrogens is 2. The van der Waals surface area contributed by atoms with Crippen LogP contribution in [0, 0.1) is 0 Å². The fourth-order valence-corrected chi connectivity index (χ4v) is 6.28. The Morgan fingerprint density at radius 3 is 2.45 bits per heavy atom. The summed E-state index contributed by atoms with van der Waals surface area (Å²) in [5, 5.41) is 3.61. The average Bonchev–Trinajstić information content (AvgIpc) is 3.02. The van der Waals surface area contributed by atoms with Gasteiger partial charge in [0.05, 0.1) is 11.0 Å². The summed E-state index contributed by atoms with van der Waals surface area (Å²) >= 11 is 0. The van der Waals surface area contributed by atoms with Gasteiger partial charge in [-0.25, -0.2) is 4.98 Å². The summed E-state index contributed by atoms with van der Waals surface area (Å²) in [7, 11) is 0. The monoisotopic (exact) mass is 394 g/mol. The summed E-state index contributed by atoms with van der Waals surface area (Å²) in [6, 6.07) is 9.42. The first-order valence-corrected chi connectivity index (χ1v) is 12.2. The predicted molar refractivity (Wildman–Crippen MR) is 121 cm³/mol. The van der Waals surface area contributed by atoms with Gasteiger partial charge in [0.1, 0.15) is 5.82 Å². The van der Waals surface area contributed by atoms with Crippen molar-refractivity contribution in [2.24, 2.45) is 0 Å². The maximum absolute atomic E-state index is 5.16. The molecule has 1 aromatic heterocycles. The van der Waals surface area contributed by atoms with Crippen molar-refractivity contribution in [1.29, 1.82) is 0 Å². The second-order valence-electron chi connectivity index (χ2n) is 10.0. The lowest BCUT2D eigenvalue weighted by atomic mass is 9.87. The van der Waals surface area contributed by atoms with E-state index in [1.807, 2.05) is 0 Å². The Balaban J connectivity index is 1.38. The van der Waals surface area contributed by atoms with Crippen LogP contribution in [0.3, 0.4) is 0 Å². The highest BCUT2D eigenvalue weighted by Crippen LogP contribution is 2.38. The number of benzene rings is 1. The smallest absolute Gasteiger partial charge is 0.114 e. The first kappa shape index (κ1) is 19.6. The van der Waals surface area contributed by atoms with Gasteiger partial charge < -0.3 is 9.88 Å². The molecule has 29 heavy (non-hydrogen) atoms. The van der Waals surface area contributed by atoms with Crippen LogP contribution >= 0.6 is 0 Å². The molecule has 1 atom stereocenters. The van der Waals surface area contributed by atoms with Crippen LogP contribution in [-0.2, 0) is 0 Å². The molecule has 3 heterocycles. The molecule has 2 saturated heterocycles. The van der Waals surface area contributed by atoms with E-state index in [-0.39, 0.29) is 0 Å². The third-order valence-electron chi connectivity index (χ3n) is 8.06. The molecule has 1 aromatic carbocycles. The van der Waals surface area contributed by atoms with Gasteiger partial charge in [-0.15, -0.1) is 0 Å². The SMILES string of the molecule is CC1(N2CCC(n3c(C4CCCNC4)nc4ccccc43)CC2)CCCCCC1. The zero-order valence-electron chi connectivity index (χ0n) is 18.2. The third-order valence-corrected chi connectivity index (χ3v) is 8.06. The fraction of sp³-hybridized carbons (Fsp3) is 0.720. The van der Waals surface area contributed by atoms with Gasteiger partial charge in [-0.05, 0) is 64.1 Å². The summed E-state index contributed by atoms with van der Waals surface area (Å²) in [5.74, 6) is 1.91. The van der Waals surface area contributed by atoms with Crippen LogP contribution in [0.4, 0.5) is 0 Å². The summed E-state index contributed by atoms with van der Waals surface area (Å²) in [4.78, 5) is 8.00. The van der Waals surface area contributed by atoms with Crippen molar-refractivity contribution >= 4 is 11.0 Å². The van der Waals surface area contributed by atoms with Crippen LogP contribution in [0.5, 0.6) is 0 Å². The van der Waals surface area contributed by atoms with Crippen molar-refractivity contribution in [2.75, 3.05) is 26.2 Å². The maximum atomic E-state index is 5.16. The number of likely N-dealkylation sites (tertiary alicyclic amines) is 1. The van der Waals surface area contributed by atoms with Gasteiger partial charge in [-0.1, -0.05) is 37.8 Å². The van der Waals surface area contributed by atoms with Crippen molar-refractivity contribution in [3.8, 4) is 0 Å². The zero-order chi connectivity index (χ0) is 19.7. The number of hydrogen-bond donors (Lipinski definition) is 1. The van der Waals surface area contributed by atoms with E-state index in [2.05, 4.69) is 46.0 Å². The minimum Gasteiger partial charge on any atom is -0.324 e. The lowest BCUT2D eigenvalue weighted by Gasteiger charge is -2.45. The number of nitrogens with one attached hydrogen (secondary N) is 1. The van der Waals surface area contributed by atoms with E-state index in [1.54, 1.807) is 0 Å². The van der Waals surface area contributed by atoms with Gasteiger partial charge in [-0.3, -0.25) is 4.90 Å². The lowest BCUT2D eigenvalue weighted by Crippen LogP contribution is -2.50. The minimum absolute atomic E-state index is 0.439. The van der Waals surface area contributed by atoms with Crippen LogP contribution in [0.25, 0.3) is 11.0 Å². The van der Waals surface area contributed by atoms with Crippen molar-refractivity contribution in [3.05, 3.63) is 30.1 Å². The summed E-state index contributed by atoms with van der Waals surface area (Å²) in [6.07, 6.45) is 13.6. The third kappa shape index (κ3) is 3.86. The molecule has 3 aliphatic rings. The molecule has 3 fully saturated rings. The largest absolute Gasteiger partial charge is 0.324 e. The standard InChI is InChI=1S/C25H38N4/c1-25(14-6-2-3-7-15-25)28-17-12-21(13-18-28)29-23-11-5-4-10-22(23)27-24(29)20-9-8-16-26-19-20/h4-5,10-11,20-21,26H,2-3,6-9,12-19H2,1H3. The van der Waals surface area contributed by atoms with E-state index < -0.39 is 0 Å². The molecule has 1 unspecified atom stereocenters. The van der Waals surface area contributed by atoms with Crippen LogP contribution in [0.1, 0.15) is 88.9 Å². The molecule has 0 spiro atoms. The quantitative estimate of drug-likeness (QED) is 0.722. The van der Waals surface area contributed by atoms with E-state index in [1.165, 1.54) is 94.2 Å². The van der Waals surface area contributed by atoms with Crippen LogP contribution in [0.2, 0.25) is 0 Å². The number of fused-ring (bicyclic) bond motifs is 1. The maximum Gasteiger partial charge on any atom is 0.114 e. The molecular formula is C25H38N4. The summed E-state index contributed by atoms with van der Waals surface area (Å²) in [5.41, 5.74) is 2.98. The van der Waals surface area contributed by atoms with E-state index >= 15 is 0 Å². The van der Waals surface area contributed by atoms with Gasteiger partial charge in [0.25, 0.3) is 0 Å². The molecule has 5 rings (SSSR count). The second-order valence-corrected chi connectivity index (χ2v) is 10.0. The Kier molecular flexibility index (Phi) is 5.66. The highest BCUT2D eigenvalue weighted by Gasteiger charge is 2.36. The first-order valence-electron chi connectivity index (χ1n) is 12.2. The molecule has 4 heteroatoms. The van der Waals surface area contributed by atoms with Crippen LogP contribution in [0.15, 0.2) is 24.3 Å². The molecule has 2 aliphatic heterocycles. The molecule has 4 nitrogen and oxygen atoms in total. The zero-order valence-corrected chi connectivity index (χ0v) is 18.2. The number of piperidine rings is 2. The number of hydrogen-bond acceptors (Lipinski definition) is 3. The normalized spacial score (nSPS) is 27.1. The Labute approximate surface area is 176 Å². The van der Waals surface area contributed by atoms with Gasteiger partial charge in [0.2, 0.25) is 0 Å². The van der Waals surface area contributed by atoms with Crippen LogP contribution in [-0.4, -0.2) is 46.2 Å². The molecule has 0 radical (unpaired) electrons. The van der Waals surface area contributed by atoms with Gasteiger partial charge in [-0.2, -0.15) is 0 Å². The van der Waals surface area contributed by atoms with Gasteiger partial charge >= 0.3 is 0 Å². The molecule has 1 aliphatic carbocycles. The Morgan fingerprint density at radius 2 is 1.72 bits per heavy atom. The van der Waals surface area contributed by atoms with E-state index in [0.717, 1.165) is 13.1 Å². The van der Waals surface area contributed by atoms with Crippen LogP contribution < -0.4 is 5.32 Å². The highest BCUT2D eigenvalue weighted by atomic mass is 15.2. The van der Waals surface area contributed by atoms with Crippen molar-refractivity contribution < 1.29 is 0 Å². The molecule has 1 N–H and O–H groups in total. The first-order chi connectivity index (χ1) is 14.2.